The first-order valence-electron chi connectivity index (χ1n) is 9.60. The van der Waals surface area contributed by atoms with Crippen molar-refractivity contribution in [2.75, 3.05) is 6.61 Å². The number of benzene rings is 2. The third-order valence-corrected chi connectivity index (χ3v) is 4.80. The second kappa shape index (κ2) is 8.74. The number of nitrogens with zero attached hydrogens (tertiary/aromatic N) is 1. The Kier molecular flexibility index (Phi) is 6.14. The van der Waals surface area contributed by atoms with E-state index in [1.165, 1.54) is 5.56 Å². The average Bonchev–Trinajstić information content (AvgIpc) is 2.70. The Bertz CT molecular complexity index is 1030. The van der Waals surface area contributed by atoms with Crippen LogP contribution in [0, 0.1) is 0 Å². The molecule has 0 radical (unpaired) electrons. The van der Waals surface area contributed by atoms with Crippen molar-refractivity contribution in [3.63, 3.8) is 0 Å². The van der Waals surface area contributed by atoms with E-state index in [4.69, 9.17) is 4.74 Å². The molecule has 1 aromatic heterocycles. The summed E-state index contributed by atoms with van der Waals surface area (Å²) in [5, 5.41) is 3.44. The molecule has 0 aliphatic rings. The van der Waals surface area contributed by atoms with Gasteiger partial charge in [0, 0.05) is 19.3 Å². The minimum absolute atomic E-state index is 0.0390. The van der Waals surface area contributed by atoms with Gasteiger partial charge in [-0.3, -0.25) is 9.59 Å². The van der Waals surface area contributed by atoms with E-state index in [0.29, 0.717) is 17.7 Å². The van der Waals surface area contributed by atoms with Gasteiger partial charge in [0.15, 0.2) is 0 Å². The molecule has 28 heavy (non-hydrogen) atoms. The minimum Gasteiger partial charge on any atom is -0.494 e. The second-order valence-corrected chi connectivity index (χ2v) is 6.99. The molecule has 1 N–H and O–H groups in total. The molecule has 0 spiro atoms. The van der Waals surface area contributed by atoms with Crippen LogP contribution in [-0.2, 0) is 13.5 Å². The third kappa shape index (κ3) is 4.42. The number of carbonyl (C=O) groups is 1. The fraction of sp³-hybridized carbons (Fsp3) is 0.304. The van der Waals surface area contributed by atoms with Gasteiger partial charge in [-0.25, -0.2) is 0 Å². The fourth-order valence-corrected chi connectivity index (χ4v) is 3.29. The standard InChI is InChI=1S/C23H26N2O3/c1-4-28-18-12-13-21-19(14-18)22(26)20(15-25(21)3)23(27)24-16(2)10-11-17-8-6-5-7-9-17/h5-9,12-16H,4,10-11H2,1-3H3,(H,24,27)/t16-/m0/s1. The summed E-state index contributed by atoms with van der Waals surface area (Å²) in [6.07, 6.45) is 3.28. The van der Waals surface area contributed by atoms with Crippen molar-refractivity contribution in [3.8, 4) is 5.75 Å². The molecule has 2 aromatic carbocycles. The number of ether oxygens (including phenoxy) is 1. The molecule has 5 nitrogen and oxygen atoms in total. The van der Waals surface area contributed by atoms with Gasteiger partial charge in [-0.2, -0.15) is 0 Å². The number of hydrogen-bond acceptors (Lipinski definition) is 3. The second-order valence-electron chi connectivity index (χ2n) is 6.99. The van der Waals surface area contributed by atoms with Crippen LogP contribution in [0.1, 0.15) is 36.2 Å². The molecule has 0 saturated carbocycles. The predicted octanol–water partition coefficient (Wildman–Crippen LogP) is 3.69. The van der Waals surface area contributed by atoms with Gasteiger partial charge in [-0.1, -0.05) is 30.3 Å². The van der Waals surface area contributed by atoms with Gasteiger partial charge in [0.2, 0.25) is 5.43 Å². The van der Waals surface area contributed by atoms with Crippen LogP contribution in [0.5, 0.6) is 5.75 Å². The molecule has 3 aromatic rings. The Morgan fingerprint density at radius 3 is 2.64 bits per heavy atom. The summed E-state index contributed by atoms with van der Waals surface area (Å²) in [6.45, 7) is 4.37. The SMILES string of the molecule is CCOc1ccc2c(c1)c(=O)c(C(=O)N[C@@H](C)CCc1ccccc1)cn2C. The zero-order valence-corrected chi connectivity index (χ0v) is 16.6. The highest BCUT2D eigenvalue weighted by molar-refractivity contribution is 5.97. The van der Waals surface area contributed by atoms with Gasteiger partial charge in [-0.05, 0) is 50.5 Å². The zero-order chi connectivity index (χ0) is 20.1. The highest BCUT2D eigenvalue weighted by Crippen LogP contribution is 2.19. The molecular weight excluding hydrogens is 352 g/mol. The summed E-state index contributed by atoms with van der Waals surface area (Å²) >= 11 is 0. The molecule has 0 unspecified atom stereocenters. The Hall–Kier alpha value is -3.08. The first-order valence-corrected chi connectivity index (χ1v) is 9.60. The van der Waals surface area contributed by atoms with Crippen molar-refractivity contribution in [2.45, 2.75) is 32.7 Å². The molecule has 1 amide bonds. The molecule has 0 fully saturated rings. The fourth-order valence-electron chi connectivity index (χ4n) is 3.29. The number of carbonyl (C=O) groups excluding carboxylic acids is 1. The molecule has 0 aliphatic carbocycles. The van der Waals surface area contributed by atoms with E-state index in [1.54, 1.807) is 16.8 Å². The summed E-state index contributed by atoms with van der Waals surface area (Å²) in [5.41, 5.74) is 1.87. The van der Waals surface area contributed by atoms with Gasteiger partial charge in [-0.15, -0.1) is 0 Å². The van der Waals surface area contributed by atoms with Crippen LogP contribution >= 0.6 is 0 Å². The molecule has 1 heterocycles. The summed E-state index contributed by atoms with van der Waals surface area (Å²) in [7, 11) is 1.83. The number of pyridine rings is 1. The van der Waals surface area contributed by atoms with E-state index in [-0.39, 0.29) is 22.9 Å². The maximum absolute atomic E-state index is 12.9. The number of aromatic nitrogens is 1. The largest absolute Gasteiger partial charge is 0.494 e. The highest BCUT2D eigenvalue weighted by atomic mass is 16.5. The van der Waals surface area contributed by atoms with E-state index < -0.39 is 0 Å². The zero-order valence-electron chi connectivity index (χ0n) is 16.6. The molecule has 3 rings (SSSR count). The van der Waals surface area contributed by atoms with Crippen molar-refractivity contribution in [1.82, 2.24) is 9.88 Å². The van der Waals surface area contributed by atoms with E-state index in [1.807, 2.05) is 51.2 Å². The lowest BCUT2D eigenvalue weighted by Crippen LogP contribution is -2.36. The molecular formula is C23H26N2O3. The maximum Gasteiger partial charge on any atom is 0.256 e. The summed E-state index contributed by atoms with van der Waals surface area (Å²) in [5.74, 6) is 0.283. The monoisotopic (exact) mass is 378 g/mol. The van der Waals surface area contributed by atoms with E-state index >= 15 is 0 Å². The molecule has 146 valence electrons. The maximum atomic E-state index is 12.9. The molecule has 1 atom stereocenters. The quantitative estimate of drug-likeness (QED) is 0.682. The average molecular weight is 378 g/mol. The van der Waals surface area contributed by atoms with Gasteiger partial charge in [0.1, 0.15) is 11.3 Å². The Balaban J connectivity index is 1.78. The first kappa shape index (κ1) is 19.7. The lowest BCUT2D eigenvalue weighted by molar-refractivity contribution is 0.0937. The van der Waals surface area contributed by atoms with Crippen LogP contribution in [0.25, 0.3) is 10.9 Å². The van der Waals surface area contributed by atoms with Crippen molar-refractivity contribution in [3.05, 3.63) is 76.1 Å². The van der Waals surface area contributed by atoms with Crippen LogP contribution in [0.3, 0.4) is 0 Å². The predicted molar refractivity (Wildman–Crippen MR) is 112 cm³/mol. The Morgan fingerprint density at radius 1 is 1.18 bits per heavy atom. The lowest BCUT2D eigenvalue weighted by Gasteiger charge is -2.15. The Morgan fingerprint density at radius 2 is 1.93 bits per heavy atom. The highest BCUT2D eigenvalue weighted by Gasteiger charge is 2.17. The summed E-state index contributed by atoms with van der Waals surface area (Å²) in [4.78, 5) is 25.6. The lowest BCUT2D eigenvalue weighted by atomic mass is 10.1. The molecule has 5 heteroatoms. The number of fused-ring (bicyclic) bond motifs is 1. The van der Waals surface area contributed by atoms with Crippen molar-refractivity contribution >= 4 is 16.8 Å². The van der Waals surface area contributed by atoms with Crippen molar-refractivity contribution < 1.29 is 9.53 Å². The van der Waals surface area contributed by atoms with E-state index in [2.05, 4.69) is 17.4 Å². The Labute approximate surface area is 165 Å². The minimum atomic E-state index is -0.343. The normalized spacial score (nSPS) is 12.0. The van der Waals surface area contributed by atoms with Crippen molar-refractivity contribution in [2.24, 2.45) is 7.05 Å². The van der Waals surface area contributed by atoms with Crippen LogP contribution < -0.4 is 15.5 Å². The van der Waals surface area contributed by atoms with Crippen LogP contribution in [0.4, 0.5) is 0 Å². The molecule has 0 bridgehead atoms. The third-order valence-electron chi connectivity index (χ3n) is 4.80. The number of amides is 1. The first-order chi connectivity index (χ1) is 13.5. The van der Waals surface area contributed by atoms with Gasteiger partial charge in [0.25, 0.3) is 5.91 Å². The summed E-state index contributed by atoms with van der Waals surface area (Å²) < 4.78 is 7.30. The number of nitrogens with one attached hydrogen (secondary N) is 1. The van der Waals surface area contributed by atoms with Gasteiger partial charge >= 0.3 is 0 Å². The van der Waals surface area contributed by atoms with Gasteiger partial charge < -0.3 is 14.6 Å². The van der Waals surface area contributed by atoms with Crippen LogP contribution in [-0.4, -0.2) is 23.1 Å². The number of hydrogen-bond donors (Lipinski definition) is 1. The van der Waals surface area contributed by atoms with E-state index in [0.717, 1.165) is 18.4 Å². The van der Waals surface area contributed by atoms with Crippen molar-refractivity contribution in [1.29, 1.82) is 0 Å². The van der Waals surface area contributed by atoms with E-state index in [9.17, 15) is 9.59 Å². The van der Waals surface area contributed by atoms with Gasteiger partial charge in [0.05, 0.1) is 17.5 Å². The molecule has 0 saturated heterocycles. The topological polar surface area (TPSA) is 60.3 Å². The van der Waals surface area contributed by atoms with Crippen LogP contribution in [0.2, 0.25) is 0 Å². The summed E-state index contributed by atoms with van der Waals surface area (Å²) in [6, 6.07) is 15.5. The molecule has 0 aliphatic heterocycles. The van der Waals surface area contributed by atoms with Crippen LogP contribution in [0.15, 0.2) is 59.5 Å². The number of rotatable bonds is 7. The smallest absolute Gasteiger partial charge is 0.256 e. The number of aryl methyl sites for hydroxylation is 2.